The predicted octanol–water partition coefficient (Wildman–Crippen LogP) is 6.68. The molecule has 42 heavy (non-hydrogen) atoms. The Bertz CT molecular complexity index is 1710. The van der Waals surface area contributed by atoms with Gasteiger partial charge >= 0.3 is 0 Å². The van der Waals surface area contributed by atoms with Gasteiger partial charge in [0.05, 0.1) is 4.90 Å². The molecule has 3 nitrogen and oxygen atoms in total. The SMILES string of the molecule is Cc1ccc(S(=O)(=O)N2C/C(=C\c3ccc(-c4ccccc4)cc3)C(C[Si](c3ccccc3)c3ccccc3)C2)cc1. The lowest BCUT2D eigenvalue weighted by molar-refractivity contribution is 0.464. The van der Waals surface area contributed by atoms with E-state index in [0.717, 1.165) is 17.2 Å². The molecule has 5 aromatic carbocycles. The molecule has 0 saturated carbocycles. The van der Waals surface area contributed by atoms with Gasteiger partial charge in [-0.15, -0.1) is 0 Å². The lowest BCUT2D eigenvalue weighted by Gasteiger charge is -2.21. The van der Waals surface area contributed by atoms with Gasteiger partial charge in [0.15, 0.2) is 0 Å². The summed E-state index contributed by atoms with van der Waals surface area (Å²) in [4.78, 5) is 0.358. The van der Waals surface area contributed by atoms with Crippen molar-refractivity contribution < 1.29 is 8.42 Å². The predicted molar refractivity (Wildman–Crippen MR) is 176 cm³/mol. The average Bonchev–Trinajstić information content (AvgIpc) is 3.44. The minimum Gasteiger partial charge on any atom is -0.207 e. The molecule has 6 rings (SSSR count). The van der Waals surface area contributed by atoms with E-state index in [9.17, 15) is 8.42 Å². The lowest BCUT2D eigenvalue weighted by atomic mass is 10.00. The fraction of sp³-hybridized carbons (Fsp3) is 0.135. The van der Waals surface area contributed by atoms with Crippen molar-refractivity contribution in [2.45, 2.75) is 17.9 Å². The first-order valence-electron chi connectivity index (χ1n) is 14.4. The number of hydrogen-bond acceptors (Lipinski definition) is 2. The molecule has 209 valence electrons. The Morgan fingerprint density at radius 2 is 1.21 bits per heavy atom. The molecular formula is C37H34NO2SSi. The van der Waals surface area contributed by atoms with Gasteiger partial charge in [0, 0.05) is 13.1 Å². The molecule has 1 saturated heterocycles. The minimum atomic E-state index is -3.62. The van der Waals surface area contributed by atoms with Crippen LogP contribution in [-0.4, -0.2) is 34.6 Å². The summed E-state index contributed by atoms with van der Waals surface area (Å²) < 4.78 is 29.3. The van der Waals surface area contributed by atoms with Crippen LogP contribution in [0.5, 0.6) is 0 Å². The van der Waals surface area contributed by atoms with Crippen LogP contribution in [0.15, 0.2) is 150 Å². The molecular weight excluding hydrogens is 551 g/mol. The van der Waals surface area contributed by atoms with Crippen LogP contribution in [0.25, 0.3) is 17.2 Å². The Balaban J connectivity index is 1.36. The molecule has 1 aliphatic heterocycles. The number of aryl methyl sites for hydroxylation is 1. The van der Waals surface area contributed by atoms with Crippen molar-refractivity contribution in [2.75, 3.05) is 13.1 Å². The molecule has 1 heterocycles. The van der Waals surface area contributed by atoms with Crippen LogP contribution in [0, 0.1) is 12.8 Å². The van der Waals surface area contributed by atoms with Crippen molar-refractivity contribution in [3.8, 4) is 11.1 Å². The number of benzene rings is 5. The summed E-state index contributed by atoms with van der Waals surface area (Å²) >= 11 is 0. The lowest BCUT2D eigenvalue weighted by Crippen LogP contribution is -2.43. The normalized spacial score (nSPS) is 16.7. The summed E-state index contributed by atoms with van der Waals surface area (Å²) in [6.07, 6.45) is 2.22. The van der Waals surface area contributed by atoms with Gasteiger partial charge in [-0.1, -0.05) is 155 Å². The second-order valence-corrected chi connectivity index (χ2v) is 15.4. The van der Waals surface area contributed by atoms with E-state index in [4.69, 9.17) is 0 Å². The van der Waals surface area contributed by atoms with Crippen LogP contribution in [-0.2, 0) is 10.0 Å². The van der Waals surface area contributed by atoms with Gasteiger partial charge in [-0.05, 0) is 47.7 Å². The van der Waals surface area contributed by atoms with E-state index in [2.05, 4.69) is 115 Å². The number of rotatable bonds is 8. The standard InChI is InChI=1S/C37H34NO2SSi/c1-29-17-23-35(24-18-29)41(39,40)38-26-33(25-30-19-21-32(22-20-30)31-11-5-2-6-12-31)34(27-38)28-42(36-13-7-3-8-14-36)37-15-9-4-10-16-37/h2-25,34H,26-28H2,1H3/b33-25+. The Morgan fingerprint density at radius 3 is 1.79 bits per heavy atom. The van der Waals surface area contributed by atoms with Crippen LogP contribution in [0.3, 0.4) is 0 Å². The quantitative estimate of drug-likeness (QED) is 0.191. The van der Waals surface area contributed by atoms with Gasteiger partial charge in [0.2, 0.25) is 10.0 Å². The van der Waals surface area contributed by atoms with Crippen LogP contribution in [0.4, 0.5) is 0 Å². The monoisotopic (exact) mass is 584 g/mol. The van der Waals surface area contributed by atoms with Gasteiger partial charge in [-0.2, -0.15) is 4.31 Å². The van der Waals surface area contributed by atoms with Crippen molar-refractivity contribution >= 4 is 35.3 Å². The highest BCUT2D eigenvalue weighted by Gasteiger charge is 2.37. The molecule has 0 spiro atoms. The molecule has 0 aromatic heterocycles. The molecule has 1 fully saturated rings. The van der Waals surface area contributed by atoms with Crippen LogP contribution in [0.1, 0.15) is 11.1 Å². The summed E-state index contributed by atoms with van der Waals surface area (Å²) in [6.45, 7) is 2.86. The highest BCUT2D eigenvalue weighted by atomic mass is 32.2. The minimum absolute atomic E-state index is 0.119. The Morgan fingerprint density at radius 1 is 0.690 bits per heavy atom. The maximum absolute atomic E-state index is 13.8. The molecule has 1 radical (unpaired) electrons. The second kappa shape index (κ2) is 12.5. The second-order valence-electron chi connectivity index (χ2n) is 10.9. The fourth-order valence-electron chi connectivity index (χ4n) is 5.71. The summed E-state index contributed by atoms with van der Waals surface area (Å²) in [5, 5.41) is 2.69. The first-order valence-corrected chi connectivity index (χ1v) is 17.5. The molecule has 1 unspecified atom stereocenters. The Kier molecular flexibility index (Phi) is 8.33. The van der Waals surface area contributed by atoms with Crippen LogP contribution >= 0.6 is 0 Å². The van der Waals surface area contributed by atoms with Crippen molar-refractivity contribution in [2.24, 2.45) is 5.92 Å². The zero-order valence-corrected chi connectivity index (χ0v) is 25.5. The summed E-state index contributed by atoms with van der Waals surface area (Å²) in [5.41, 5.74) is 5.67. The molecule has 0 aliphatic carbocycles. The van der Waals surface area contributed by atoms with E-state index < -0.39 is 18.8 Å². The van der Waals surface area contributed by atoms with Crippen molar-refractivity contribution in [3.63, 3.8) is 0 Å². The summed E-state index contributed by atoms with van der Waals surface area (Å²) in [5.74, 6) is 0.119. The summed E-state index contributed by atoms with van der Waals surface area (Å²) in [6, 6.07) is 48.5. The maximum Gasteiger partial charge on any atom is 0.243 e. The molecule has 5 heteroatoms. The molecule has 0 N–H and O–H groups in total. The van der Waals surface area contributed by atoms with Crippen molar-refractivity contribution in [1.82, 2.24) is 4.31 Å². The highest BCUT2D eigenvalue weighted by molar-refractivity contribution is 7.89. The largest absolute Gasteiger partial charge is 0.243 e. The number of sulfonamides is 1. The molecule has 1 aliphatic rings. The summed E-state index contributed by atoms with van der Waals surface area (Å²) in [7, 11) is -4.77. The third kappa shape index (κ3) is 6.24. The molecule has 0 amide bonds. The van der Waals surface area contributed by atoms with Gasteiger partial charge in [0.1, 0.15) is 8.80 Å². The van der Waals surface area contributed by atoms with E-state index in [1.165, 1.54) is 27.1 Å². The van der Waals surface area contributed by atoms with E-state index >= 15 is 0 Å². The zero-order valence-electron chi connectivity index (χ0n) is 23.7. The van der Waals surface area contributed by atoms with Gasteiger partial charge in [-0.25, -0.2) is 8.42 Å². The third-order valence-corrected chi connectivity index (χ3v) is 12.8. The van der Waals surface area contributed by atoms with Crippen LogP contribution < -0.4 is 10.4 Å². The molecule has 1 atom stereocenters. The van der Waals surface area contributed by atoms with E-state index in [0.29, 0.717) is 18.0 Å². The van der Waals surface area contributed by atoms with Crippen LogP contribution in [0.2, 0.25) is 6.04 Å². The topological polar surface area (TPSA) is 37.4 Å². The third-order valence-electron chi connectivity index (χ3n) is 8.03. The average molecular weight is 585 g/mol. The van der Waals surface area contributed by atoms with E-state index in [1.54, 1.807) is 16.4 Å². The van der Waals surface area contributed by atoms with E-state index in [-0.39, 0.29) is 5.92 Å². The Hall–Kier alpha value is -4.03. The van der Waals surface area contributed by atoms with Crippen molar-refractivity contribution in [3.05, 3.63) is 156 Å². The first kappa shape index (κ1) is 28.1. The number of hydrogen-bond donors (Lipinski definition) is 0. The van der Waals surface area contributed by atoms with Gasteiger partial charge < -0.3 is 0 Å². The van der Waals surface area contributed by atoms with E-state index in [1.807, 2.05) is 25.1 Å². The Labute approximate surface area is 251 Å². The van der Waals surface area contributed by atoms with Crippen molar-refractivity contribution in [1.29, 1.82) is 0 Å². The molecule has 5 aromatic rings. The smallest absolute Gasteiger partial charge is 0.207 e. The molecule has 0 bridgehead atoms. The fourth-order valence-corrected chi connectivity index (χ4v) is 10.1. The number of nitrogens with zero attached hydrogens (tertiary/aromatic N) is 1. The zero-order chi connectivity index (χ0) is 28.9. The maximum atomic E-state index is 13.8. The van der Waals surface area contributed by atoms with Gasteiger partial charge in [0.25, 0.3) is 0 Å². The highest BCUT2D eigenvalue weighted by Crippen LogP contribution is 2.33. The van der Waals surface area contributed by atoms with Gasteiger partial charge in [-0.3, -0.25) is 0 Å². The first-order chi connectivity index (χ1) is 20.5.